The minimum Gasteiger partial charge on any atom is -0.444 e. The van der Waals surface area contributed by atoms with Crippen LogP contribution in [0.2, 0.25) is 0 Å². The molecule has 0 atom stereocenters. The standard InChI is InChI=1S/C22H29N3O2S3/c1-22(2,3)27-21(26)24-11-6-18(7-12-24)25(14-17-8-13-29-15-17)20(28)16-30-19-4-9-23-10-5-19/h4-5,8-10,13,15,18H,6-7,11-12,14,16H2,1-3H3. The Hall–Kier alpha value is -1.64. The predicted octanol–water partition coefficient (Wildman–Crippen LogP) is 5.46. The van der Waals surface area contributed by atoms with Crippen molar-refractivity contribution in [2.75, 3.05) is 18.8 Å². The Kier molecular flexibility index (Phi) is 8.13. The molecule has 30 heavy (non-hydrogen) atoms. The number of carbonyl (C=O) groups excluding carboxylic acids is 1. The van der Waals surface area contributed by atoms with Crippen LogP contribution in [0.4, 0.5) is 4.79 Å². The summed E-state index contributed by atoms with van der Waals surface area (Å²) in [6, 6.07) is 6.51. The van der Waals surface area contributed by atoms with E-state index in [1.165, 1.54) is 10.5 Å². The second-order valence-electron chi connectivity index (χ2n) is 8.32. The maximum atomic E-state index is 12.4. The molecule has 1 saturated heterocycles. The number of aromatic nitrogens is 1. The Balaban J connectivity index is 1.61. The lowest BCUT2D eigenvalue weighted by Crippen LogP contribution is -2.49. The smallest absolute Gasteiger partial charge is 0.410 e. The zero-order chi connectivity index (χ0) is 21.6. The largest absolute Gasteiger partial charge is 0.444 e. The van der Waals surface area contributed by atoms with Crippen LogP contribution in [-0.4, -0.2) is 56.4 Å². The number of pyridine rings is 1. The summed E-state index contributed by atoms with van der Waals surface area (Å²) in [5.41, 5.74) is 0.816. The van der Waals surface area contributed by atoms with Gasteiger partial charge in [0.1, 0.15) is 5.60 Å². The molecule has 0 unspecified atom stereocenters. The number of hydrogen-bond acceptors (Lipinski definition) is 6. The van der Waals surface area contributed by atoms with Crippen LogP contribution >= 0.6 is 35.3 Å². The quantitative estimate of drug-likeness (QED) is 0.418. The van der Waals surface area contributed by atoms with Gasteiger partial charge in [0.25, 0.3) is 0 Å². The molecular weight excluding hydrogens is 434 g/mol. The number of carbonyl (C=O) groups is 1. The number of thiocarbonyl (C=S) groups is 1. The second-order valence-corrected chi connectivity index (χ2v) is 10.6. The molecule has 162 valence electrons. The summed E-state index contributed by atoms with van der Waals surface area (Å²) >= 11 is 9.32. The molecule has 1 fully saturated rings. The van der Waals surface area contributed by atoms with Crippen molar-refractivity contribution in [1.29, 1.82) is 0 Å². The van der Waals surface area contributed by atoms with Crippen molar-refractivity contribution in [2.24, 2.45) is 0 Å². The van der Waals surface area contributed by atoms with E-state index in [0.29, 0.717) is 19.1 Å². The van der Waals surface area contributed by atoms with Crippen LogP contribution < -0.4 is 0 Å². The number of thioether (sulfide) groups is 1. The van der Waals surface area contributed by atoms with E-state index in [0.717, 1.165) is 30.1 Å². The molecule has 0 saturated carbocycles. The number of piperidine rings is 1. The van der Waals surface area contributed by atoms with Gasteiger partial charge in [-0.3, -0.25) is 4.98 Å². The fourth-order valence-corrected chi connectivity index (χ4v) is 5.17. The van der Waals surface area contributed by atoms with Gasteiger partial charge in [-0.2, -0.15) is 11.3 Å². The molecule has 0 N–H and O–H groups in total. The van der Waals surface area contributed by atoms with Crippen molar-refractivity contribution in [1.82, 2.24) is 14.8 Å². The molecule has 8 heteroatoms. The second kappa shape index (κ2) is 10.6. The third-order valence-corrected chi connectivity index (χ3v) is 7.14. The van der Waals surface area contributed by atoms with E-state index in [4.69, 9.17) is 17.0 Å². The normalized spacial score (nSPS) is 15.1. The van der Waals surface area contributed by atoms with Crippen LogP contribution in [0.1, 0.15) is 39.2 Å². The average molecular weight is 464 g/mol. The fourth-order valence-electron chi connectivity index (χ4n) is 3.35. The Morgan fingerprint density at radius 1 is 1.30 bits per heavy atom. The van der Waals surface area contributed by atoms with Gasteiger partial charge in [-0.1, -0.05) is 12.2 Å². The minimum absolute atomic E-state index is 0.221. The van der Waals surface area contributed by atoms with Gasteiger partial charge in [0.05, 0.1) is 4.99 Å². The van der Waals surface area contributed by atoms with Gasteiger partial charge >= 0.3 is 6.09 Å². The summed E-state index contributed by atoms with van der Waals surface area (Å²) < 4.78 is 5.53. The van der Waals surface area contributed by atoms with Crippen molar-refractivity contribution in [3.05, 3.63) is 46.9 Å². The highest BCUT2D eigenvalue weighted by atomic mass is 32.2. The SMILES string of the molecule is CC(C)(C)OC(=O)N1CCC(N(Cc2ccsc2)C(=S)CSc2ccncc2)CC1. The lowest BCUT2D eigenvalue weighted by Gasteiger charge is -2.40. The van der Waals surface area contributed by atoms with Crippen molar-refractivity contribution in [2.45, 2.75) is 56.7 Å². The number of amides is 1. The highest BCUT2D eigenvalue weighted by Gasteiger charge is 2.30. The molecule has 5 nitrogen and oxygen atoms in total. The van der Waals surface area contributed by atoms with E-state index in [1.807, 2.05) is 37.8 Å². The summed E-state index contributed by atoms with van der Waals surface area (Å²) in [4.78, 5) is 22.8. The zero-order valence-electron chi connectivity index (χ0n) is 17.7. The lowest BCUT2D eigenvalue weighted by atomic mass is 10.0. The fraction of sp³-hybridized carbons (Fsp3) is 0.500. The van der Waals surface area contributed by atoms with E-state index in [-0.39, 0.29) is 6.09 Å². The third kappa shape index (κ3) is 6.96. The van der Waals surface area contributed by atoms with E-state index < -0.39 is 5.60 Å². The molecule has 0 aliphatic carbocycles. The Bertz CT molecular complexity index is 814. The van der Waals surface area contributed by atoms with Crippen LogP contribution in [0.3, 0.4) is 0 Å². The molecule has 2 aromatic rings. The molecule has 1 aliphatic heterocycles. The van der Waals surface area contributed by atoms with Gasteiger partial charge in [-0.25, -0.2) is 4.79 Å². The minimum atomic E-state index is -0.468. The van der Waals surface area contributed by atoms with Crippen LogP contribution in [0.25, 0.3) is 0 Å². The molecule has 0 bridgehead atoms. The van der Waals surface area contributed by atoms with Crippen molar-refractivity contribution in [3.63, 3.8) is 0 Å². The topological polar surface area (TPSA) is 45.7 Å². The van der Waals surface area contributed by atoms with Crippen LogP contribution in [0.15, 0.2) is 46.2 Å². The summed E-state index contributed by atoms with van der Waals surface area (Å²) in [5.74, 6) is 0.760. The highest BCUT2D eigenvalue weighted by Crippen LogP contribution is 2.25. The highest BCUT2D eigenvalue weighted by molar-refractivity contribution is 8.01. The molecule has 2 aromatic heterocycles. The van der Waals surface area contributed by atoms with Gasteiger partial charge in [0.15, 0.2) is 0 Å². The first-order valence-electron chi connectivity index (χ1n) is 10.1. The molecule has 1 aliphatic rings. The van der Waals surface area contributed by atoms with Gasteiger partial charge < -0.3 is 14.5 Å². The summed E-state index contributed by atoms with van der Waals surface area (Å²) in [5, 5.41) is 4.29. The zero-order valence-corrected chi connectivity index (χ0v) is 20.2. The number of nitrogens with zero attached hydrogens (tertiary/aromatic N) is 3. The van der Waals surface area contributed by atoms with Crippen LogP contribution in [0.5, 0.6) is 0 Å². The van der Waals surface area contributed by atoms with Gasteiger partial charge in [-0.15, -0.1) is 11.8 Å². The number of likely N-dealkylation sites (tertiary alicyclic amines) is 1. The first kappa shape index (κ1) is 23.0. The van der Waals surface area contributed by atoms with Crippen molar-refractivity contribution < 1.29 is 9.53 Å². The summed E-state index contributed by atoms with van der Waals surface area (Å²) in [6.45, 7) is 7.91. The molecule has 0 aromatic carbocycles. The predicted molar refractivity (Wildman–Crippen MR) is 128 cm³/mol. The molecule has 0 spiro atoms. The molecular formula is C22H29N3O2S3. The van der Waals surface area contributed by atoms with Crippen LogP contribution in [0, 0.1) is 0 Å². The van der Waals surface area contributed by atoms with E-state index in [9.17, 15) is 4.79 Å². The van der Waals surface area contributed by atoms with Crippen LogP contribution in [-0.2, 0) is 11.3 Å². The molecule has 3 rings (SSSR count). The summed E-state index contributed by atoms with van der Waals surface area (Å²) in [6.07, 6.45) is 5.18. The van der Waals surface area contributed by atoms with Gasteiger partial charge in [0, 0.05) is 48.7 Å². The third-order valence-electron chi connectivity index (χ3n) is 4.82. The first-order valence-corrected chi connectivity index (χ1v) is 12.5. The molecule has 0 radical (unpaired) electrons. The number of thiophene rings is 1. The summed E-state index contributed by atoms with van der Waals surface area (Å²) in [7, 11) is 0. The monoisotopic (exact) mass is 463 g/mol. The Labute approximate surface area is 192 Å². The Morgan fingerprint density at radius 3 is 2.60 bits per heavy atom. The van der Waals surface area contributed by atoms with Gasteiger partial charge in [-0.05, 0) is 68.1 Å². The first-order chi connectivity index (χ1) is 14.3. The Morgan fingerprint density at radius 2 is 2.00 bits per heavy atom. The van der Waals surface area contributed by atoms with Crippen molar-refractivity contribution >= 4 is 46.4 Å². The average Bonchev–Trinajstić information content (AvgIpc) is 3.23. The number of hydrogen-bond donors (Lipinski definition) is 0. The van der Waals surface area contributed by atoms with E-state index >= 15 is 0 Å². The maximum absolute atomic E-state index is 12.4. The number of ether oxygens (including phenoxy) is 1. The lowest BCUT2D eigenvalue weighted by molar-refractivity contribution is 0.0172. The van der Waals surface area contributed by atoms with E-state index in [2.05, 4.69) is 26.7 Å². The van der Waals surface area contributed by atoms with E-state index in [1.54, 1.807) is 35.5 Å². The molecule has 3 heterocycles. The maximum Gasteiger partial charge on any atom is 0.410 e. The molecule has 1 amide bonds. The van der Waals surface area contributed by atoms with Gasteiger partial charge in [0.2, 0.25) is 0 Å². The number of rotatable bonds is 6. The van der Waals surface area contributed by atoms with Crippen molar-refractivity contribution in [3.8, 4) is 0 Å².